The van der Waals surface area contributed by atoms with Crippen LogP contribution in [0.5, 0.6) is 5.75 Å². The van der Waals surface area contributed by atoms with E-state index in [-0.39, 0.29) is 18.3 Å². The van der Waals surface area contributed by atoms with Crippen LogP contribution in [0.25, 0.3) is 0 Å². The Morgan fingerprint density at radius 1 is 1.43 bits per heavy atom. The Hall–Kier alpha value is -1.52. The Bertz CT molecular complexity index is 450. The quantitative estimate of drug-likeness (QED) is 0.725. The van der Waals surface area contributed by atoms with Crippen LogP contribution in [0, 0.1) is 5.92 Å². The van der Waals surface area contributed by atoms with Gasteiger partial charge in [0.1, 0.15) is 12.4 Å². The van der Waals surface area contributed by atoms with E-state index in [2.05, 4.69) is 11.9 Å². The third-order valence-electron chi connectivity index (χ3n) is 2.84. The van der Waals surface area contributed by atoms with Crippen LogP contribution in [0.3, 0.4) is 0 Å². The Labute approximate surface area is 133 Å². The molecule has 0 radical (unpaired) electrons. The topological polar surface area (TPSA) is 64.3 Å². The lowest BCUT2D eigenvalue weighted by molar-refractivity contribution is -0.122. The third kappa shape index (κ3) is 7.16. The van der Waals surface area contributed by atoms with Gasteiger partial charge in [-0.25, -0.2) is 0 Å². The van der Waals surface area contributed by atoms with Crippen molar-refractivity contribution in [2.75, 3.05) is 6.61 Å². The molecule has 1 atom stereocenters. The number of ether oxygens (including phenoxy) is 1. The highest BCUT2D eigenvalue weighted by atomic mass is 35.5. The van der Waals surface area contributed by atoms with Crippen molar-refractivity contribution in [3.63, 3.8) is 0 Å². The van der Waals surface area contributed by atoms with Crippen LogP contribution in [0.15, 0.2) is 36.9 Å². The molecule has 4 nitrogen and oxygen atoms in total. The highest BCUT2D eigenvalue weighted by Gasteiger charge is 2.15. The molecule has 0 bridgehead atoms. The molecule has 0 aliphatic carbocycles. The number of halogens is 1. The molecule has 0 aliphatic rings. The average molecular weight is 313 g/mol. The first-order valence-corrected chi connectivity index (χ1v) is 6.89. The predicted octanol–water partition coefficient (Wildman–Crippen LogP) is 2.66. The predicted molar refractivity (Wildman–Crippen MR) is 88.7 cm³/mol. The normalized spacial score (nSPS) is 11.4. The number of benzene rings is 1. The van der Waals surface area contributed by atoms with Crippen LogP contribution in [0.1, 0.15) is 25.8 Å². The lowest BCUT2D eigenvalue weighted by Gasteiger charge is -2.15. The molecule has 0 heterocycles. The summed E-state index contributed by atoms with van der Waals surface area (Å²) in [5.41, 5.74) is 6.77. The minimum atomic E-state index is -0.462. The second kappa shape index (κ2) is 10.2. The van der Waals surface area contributed by atoms with E-state index in [1.807, 2.05) is 38.1 Å². The number of nitrogens with two attached hydrogens (primary N) is 1. The molecule has 5 heteroatoms. The first-order chi connectivity index (χ1) is 9.54. The van der Waals surface area contributed by atoms with E-state index in [0.717, 1.165) is 11.3 Å². The van der Waals surface area contributed by atoms with E-state index in [1.54, 1.807) is 6.08 Å². The van der Waals surface area contributed by atoms with E-state index < -0.39 is 6.04 Å². The molecule has 1 aromatic carbocycles. The van der Waals surface area contributed by atoms with Crippen LogP contribution in [-0.2, 0) is 11.3 Å². The molecular formula is C16H25ClN2O2. The lowest BCUT2D eigenvalue weighted by Crippen LogP contribution is -2.41. The number of hydrogen-bond acceptors (Lipinski definition) is 3. The molecule has 21 heavy (non-hydrogen) atoms. The van der Waals surface area contributed by atoms with Gasteiger partial charge in [-0.05, 0) is 18.4 Å². The van der Waals surface area contributed by atoms with Gasteiger partial charge in [0.2, 0.25) is 5.91 Å². The third-order valence-corrected chi connectivity index (χ3v) is 2.84. The van der Waals surface area contributed by atoms with E-state index in [9.17, 15) is 4.79 Å². The molecule has 3 N–H and O–H groups in total. The summed E-state index contributed by atoms with van der Waals surface area (Å²) in [5, 5.41) is 2.85. The highest BCUT2D eigenvalue weighted by molar-refractivity contribution is 5.85. The number of amides is 1. The van der Waals surface area contributed by atoms with Gasteiger partial charge in [0, 0.05) is 12.1 Å². The molecule has 1 rings (SSSR count). The molecule has 0 fully saturated rings. The van der Waals surface area contributed by atoms with Gasteiger partial charge in [-0.1, -0.05) is 44.7 Å². The first-order valence-electron chi connectivity index (χ1n) is 6.89. The number of carbonyl (C=O) groups excluding carboxylic acids is 1. The summed E-state index contributed by atoms with van der Waals surface area (Å²) in [4.78, 5) is 11.9. The second-order valence-corrected chi connectivity index (χ2v) is 5.16. The maximum atomic E-state index is 11.9. The van der Waals surface area contributed by atoms with Gasteiger partial charge >= 0.3 is 0 Å². The van der Waals surface area contributed by atoms with Gasteiger partial charge in [0.05, 0.1) is 6.04 Å². The zero-order valence-electron chi connectivity index (χ0n) is 12.7. The van der Waals surface area contributed by atoms with Crippen molar-refractivity contribution in [2.45, 2.75) is 32.9 Å². The summed E-state index contributed by atoms with van der Waals surface area (Å²) in [6.45, 7) is 8.57. The average Bonchev–Trinajstić information content (AvgIpc) is 2.42. The van der Waals surface area contributed by atoms with Gasteiger partial charge in [0.15, 0.2) is 0 Å². The van der Waals surface area contributed by atoms with Crippen LogP contribution < -0.4 is 15.8 Å². The Kier molecular flexibility index (Phi) is 9.50. The molecule has 0 saturated heterocycles. The smallest absolute Gasteiger partial charge is 0.237 e. The molecule has 0 unspecified atom stereocenters. The molecule has 118 valence electrons. The minimum absolute atomic E-state index is 0. The van der Waals surface area contributed by atoms with Gasteiger partial charge < -0.3 is 15.8 Å². The van der Waals surface area contributed by atoms with Crippen molar-refractivity contribution in [3.05, 3.63) is 42.5 Å². The molecule has 0 spiro atoms. The summed E-state index contributed by atoms with van der Waals surface area (Å²) < 4.78 is 5.54. The van der Waals surface area contributed by atoms with Gasteiger partial charge in [0.25, 0.3) is 0 Å². The fourth-order valence-corrected chi connectivity index (χ4v) is 1.87. The van der Waals surface area contributed by atoms with Crippen molar-refractivity contribution in [1.82, 2.24) is 5.32 Å². The van der Waals surface area contributed by atoms with Gasteiger partial charge in [-0.15, -0.1) is 12.4 Å². The molecular weight excluding hydrogens is 288 g/mol. The molecule has 0 saturated carbocycles. The zero-order chi connectivity index (χ0) is 15.0. The Morgan fingerprint density at radius 3 is 2.71 bits per heavy atom. The molecule has 0 aliphatic heterocycles. The maximum absolute atomic E-state index is 11.9. The number of nitrogens with one attached hydrogen (secondary N) is 1. The van der Waals surface area contributed by atoms with Gasteiger partial charge in [-0.2, -0.15) is 0 Å². The van der Waals surface area contributed by atoms with Crippen LogP contribution in [0.4, 0.5) is 0 Å². The minimum Gasteiger partial charge on any atom is -0.489 e. The summed E-state index contributed by atoms with van der Waals surface area (Å²) >= 11 is 0. The van der Waals surface area contributed by atoms with Crippen LogP contribution in [-0.4, -0.2) is 18.6 Å². The summed E-state index contributed by atoms with van der Waals surface area (Å²) in [5.74, 6) is 1.03. The SMILES string of the molecule is C=CCOc1ccccc1CNC(=O)[C@@H](N)CC(C)C.Cl. The van der Waals surface area contributed by atoms with Crippen molar-refractivity contribution >= 4 is 18.3 Å². The molecule has 0 aromatic heterocycles. The Morgan fingerprint density at radius 2 is 2.10 bits per heavy atom. The monoisotopic (exact) mass is 312 g/mol. The number of carbonyl (C=O) groups is 1. The van der Waals surface area contributed by atoms with E-state index >= 15 is 0 Å². The van der Waals surface area contributed by atoms with E-state index in [4.69, 9.17) is 10.5 Å². The summed E-state index contributed by atoms with van der Waals surface area (Å²) in [7, 11) is 0. The van der Waals surface area contributed by atoms with Gasteiger partial charge in [-0.3, -0.25) is 4.79 Å². The molecule has 1 amide bonds. The van der Waals surface area contributed by atoms with Crippen molar-refractivity contribution < 1.29 is 9.53 Å². The number of rotatable bonds is 8. The van der Waals surface area contributed by atoms with Crippen LogP contribution in [0.2, 0.25) is 0 Å². The summed E-state index contributed by atoms with van der Waals surface area (Å²) in [6.07, 6.45) is 2.37. The van der Waals surface area contributed by atoms with E-state index in [1.165, 1.54) is 0 Å². The number of para-hydroxylation sites is 1. The fourth-order valence-electron chi connectivity index (χ4n) is 1.87. The first kappa shape index (κ1) is 19.5. The number of hydrogen-bond donors (Lipinski definition) is 2. The second-order valence-electron chi connectivity index (χ2n) is 5.16. The standard InChI is InChI=1S/C16H24N2O2.ClH/c1-4-9-20-15-8-6-5-7-13(15)11-18-16(19)14(17)10-12(2)3;/h4-8,12,14H,1,9-11,17H2,2-3H3,(H,18,19);1H/t14-;/m0./s1. The lowest BCUT2D eigenvalue weighted by atomic mass is 10.0. The highest BCUT2D eigenvalue weighted by Crippen LogP contribution is 2.17. The largest absolute Gasteiger partial charge is 0.489 e. The Balaban J connectivity index is 0.00000400. The van der Waals surface area contributed by atoms with Crippen molar-refractivity contribution in [1.29, 1.82) is 0 Å². The van der Waals surface area contributed by atoms with Crippen molar-refractivity contribution in [3.8, 4) is 5.75 Å². The zero-order valence-corrected chi connectivity index (χ0v) is 13.5. The van der Waals surface area contributed by atoms with E-state index in [0.29, 0.717) is 25.5 Å². The fraction of sp³-hybridized carbons (Fsp3) is 0.438. The summed E-state index contributed by atoms with van der Waals surface area (Å²) in [6, 6.07) is 7.15. The maximum Gasteiger partial charge on any atom is 0.237 e. The van der Waals surface area contributed by atoms with Crippen molar-refractivity contribution in [2.24, 2.45) is 11.7 Å². The molecule has 1 aromatic rings. The van der Waals surface area contributed by atoms with Crippen LogP contribution >= 0.6 is 12.4 Å².